The molecule has 0 aliphatic carbocycles. The van der Waals surface area contributed by atoms with E-state index in [2.05, 4.69) is 10.3 Å². The van der Waals surface area contributed by atoms with E-state index in [-0.39, 0.29) is 16.5 Å². The first-order valence-corrected chi connectivity index (χ1v) is 11.5. The summed E-state index contributed by atoms with van der Waals surface area (Å²) in [7, 11) is -1.12. The van der Waals surface area contributed by atoms with Crippen LogP contribution < -0.4 is 5.32 Å². The van der Waals surface area contributed by atoms with E-state index in [1.165, 1.54) is 23.5 Å². The molecule has 0 saturated carbocycles. The third kappa shape index (κ3) is 6.89. The molecule has 0 fully saturated rings. The van der Waals surface area contributed by atoms with Crippen molar-refractivity contribution in [2.24, 2.45) is 0 Å². The number of hydrogen-bond acceptors (Lipinski definition) is 5. The third-order valence-electron chi connectivity index (χ3n) is 4.08. The second kappa shape index (κ2) is 8.92. The van der Waals surface area contributed by atoms with E-state index in [1.54, 1.807) is 33.0 Å². The number of carbonyl (C=O) groups excluding carboxylic acids is 1. The van der Waals surface area contributed by atoms with Crippen molar-refractivity contribution in [2.45, 2.75) is 64.7 Å². The van der Waals surface area contributed by atoms with Crippen LogP contribution in [0, 0.1) is 12.7 Å². The quantitative estimate of drug-likeness (QED) is 0.655. The van der Waals surface area contributed by atoms with E-state index in [0.717, 1.165) is 16.0 Å². The highest BCUT2D eigenvalue weighted by atomic mass is 32.2. The molecule has 1 aromatic carbocycles. The summed E-state index contributed by atoms with van der Waals surface area (Å²) in [5, 5.41) is 3.05. The average Bonchev–Trinajstić information content (AvgIpc) is 2.98. The number of anilines is 1. The minimum atomic E-state index is -1.12. The molecule has 1 aromatic heterocycles. The molecule has 2 rings (SSSR count). The highest BCUT2D eigenvalue weighted by Gasteiger charge is 2.28. The summed E-state index contributed by atoms with van der Waals surface area (Å²) < 4.78 is 31.4. The summed E-state index contributed by atoms with van der Waals surface area (Å²) >= 11 is 1.30. The molecule has 0 aliphatic rings. The van der Waals surface area contributed by atoms with Gasteiger partial charge >= 0.3 is 6.09 Å². The summed E-state index contributed by atoms with van der Waals surface area (Å²) in [5.41, 5.74) is 1.08. The second-order valence-corrected chi connectivity index (χ2v) is 12.2. The minimum Gasteiger partial charge on any atom is -0.444 e. The van der Waals surface area contributed by atoms with Crippen LogP contribution in [0.1, 0.15) is 63.5 Å². The molecular formula is C21H29FN2O3S2. The van der Waals surface area contributed by atoms with E-state index < -0.39 is 22.5 Å². The molecule has 0 bridgehead atoms. The van der Waals surface area contributed by atoms with Crippen LogP contribution in [0.5, 0.6) is 0 Å². The van der Waals surface area contributed by atoms with Gasteiger partial charge in [0.05, 0.1) is 0 Å². The van der Waals surface area contributed by atoms with Gasteiger partial charge in [-0.05, 0) is 71.7 Å². The molecule has 2 atom stereocenters. The van der Waals surface area contributed by atoms with E-state index in [1.807, 2.05) is 27.7 Å². The summed E-state index contributed by atoms with van der Waals surface area (Å²) in [6.07, 6.45) is 1.09. The average molecular weight is 441 g/mol. The zero-order chi connectivity index (χ0) is 22.0. The first-order chi connectivity index (χ1) is 13.3. The molecule has 0 saturated heterocycles. The molecule has 2 aromatic rings. The highest BCUT2D eigenvalue weighted by molar-refractivity contribution is 7.86. The van der Waals surface area contributed by atoms with Gasteiger partial charge in [-0.15, -0.1) is 11.3 Å². The first kappa shape index (κ1) is 23.5. The van der Waals surface area contributed by atoms with Gasteiger partial charge in [0.25, 0.3) is 0 Å². The van der Waals surface area contributed by atoms with Gasteiger partial charge in [0.2, 0.25) is 0 Å². The fraction of sp³-hybridized carbons (Fsp3) is 0.524. The maximum atomic E-state index is 13.6. The number of amides is 1. The van der Waals surface area contributed by atoms with Crippen molar-refractivity contribution in [1.29, 1.82) is 0 Å². The monoisotopic (exact) mass is 440 g/mol. The van der Waals surface area contributed by atoms with Crippen LogP contribution in [-0.2, 0) is 15.5 Å². The topological polar surface area (TPSA) is 68.3 Å². The number of carbonyl (C=O) groups is 1. The van der Waals surface area contributed by atoms with E-state index in [4.69, 9.17) is 4.74 Å². The molecule has 1 amide bonds. The van der Waals surface area contributed by atoms with Crippen LogP contribution in [0.25, 0.3) is 0 Å². The summed E-state index contributed by atoms with van der Waals surface area (Å²) in [4.78, 5) is 17.2. The van der Waals surface area contributed by atoms with Gasteiger partial charge in [0.1, 0.15) is 11.4 Å². The number of ether oxygens (including phenoxy) is 1. The normalized spacial score (nSPS) is 14.3. The predicted molar refractivity (Wildman–Crippen MR) is 118 cm³/mol. The molecule has 8 heteroatoms. The third-order valence-corrected chi connectivity index (χ3v) is 7.11. The van der Waals surface area contributed by atoms with E-state index in [0.29, 0.717) is 10.9 Å². The molecular weight excluding hydrogens is 411 g/mol. The van der Waals surface area contributed by atoms with Crippen molar-refractivity contribution in [2.75, 3.05) is 11.1 Å². The Morgan fingerprint density at radius 3 is 2.48 bits per heavy atom. The predicted octanol–water partition coefficient (Wildman–Crippen LogP) is 5.62. The molecule has 1 heterocycles. The largest absolute Gasteiger partial charge is 0.444 e. The Hall–Kier alpha value is -1.80. The number of benzene rings is 1. The van der Waals surface area contributed by atoms with Crippen LogP contribution in [-0.4, -0.2) is 31.4 Å². The number of nitrogens with zero attached hydrogens (tertiary/aromatic N) is 1. The van der Waals surface area contributed by atoms with Gasteiger partial charge in [-0.1, -0.05) is 6.07 Å². The summed E-state index contributed by atoms with van der Waals surface area (Å²) in [6, 6.07) is 4.62. The van der Waals surface area contributed by atoms with E-state index in [9.17, 15) is 13.4 Å². The molecule has 29 heavy (non-hydrogen) atoms. The molecule has 0 aliphatic heterocycles. The zero-order valence-corrected chi connectivity index (χ0v) is 19.6. The lowest BCUT2D eigenvalue weighted by Gasteiger charge is -2.23. The Balaban J connectivity index is 2.33. The number of aromatic nitrogens is 1. The molecule has 1 N–H and O–H groups in total. The van der Waals surface area contributed by atoms with Crippen LogP contribution in [0.4, 0.5) is 14.3 Å². The van der Waals surface area contributed by atoms with Crippen LogP contribution in [0.15, 0.2) is 24.4 Å². The van der Waals surface area contributed by atoms with Crippen molar-refractivity contribution in [3.63, 3.8) is 0 Å². The van der Waals surface area contributed by atoms with Gasteiger partial charge in [-0.2, -0.15) is 0 Å². The number of thiazole rings is 1. The van der Waals surface area contributed by atoms with Gasteiger partial charge in [0.15, 0.2) is 5.13 Å². The standard InChI is InChI=1S/C21H29FN2O3S2/c1-13-10-14(22)8-9-15(13)16(12-29(26)21(5,6)7)17-11-23-18(28-17)24-19(25)27-20(2,3)4/h8-11,16H,12H2,1-7H3,(H,23,24,25). The van der Waals surface area contributed by atoms with Crippen LogP contribution in [0.2, 0.25) is 0 Å². The Morgan fingerprint density at radius 1 is 1.28 bits per heavy atom. The Morgan fingerprint density at radius 2 is 1.93 bits per heavy atom. The van der Waals surface area contributed by atoms with E-state index >= 15 is 0 Å². The smallest absolute Gasteiger partial charge is 0.413 e. The highest BCUT2D eigenvalue weighted by Crippen LogP contribution is 2.35. The number of nitrogens with one attached hydrogen (secondary N) is 1. The summed E-state index contributed by atoms with van der Waals surface area (Å²) in [5.74, 6) is -0.148. The molecule has 0 radical (unpaired) electrons. The minimum absolute atomic E-state index is 0.220. The maximum Gasteiger partial charge on any atom is 0.413 e. The Kier molecular flexibility index (Phi) is 7.22. The van der Waals surface area contributed by atoms with Gasteiger partial charge < -0.3 is 4.74 Å². The van der Waals surface area contributed by atoms with Gasteiger partial charge in [0, 0.05) is 38.3 Å². The fourth-order valence-corrected chi connectivity index (χ4v) is 4.84. The number of rotatable bonds is 5. The van der Waals surface area contributed by atoms with Gasteiger partial charge in [-0.3, -0.25) is 9.53 Å². The Labute approximate surface area is 178 Å². The van der Waals surface area contributed by atoms with Gasteiger partial charge in [-0.25, -0.2) is 14.2 Å². The second-order valence-electron chi connectivity index (χ2n) is 8.87. The fourth-order valence-electron chi connectivity index (χ4n) is 2.65. The van der Waals surface area contributed by atoms with Crippen LogP contribution in [0.3, 0.4) is 0 Å². The maximum absolute atomic E-state index is 13.6. The van der Waals surface area contributed by atoms with Crippen molar-refractivity contribution in [3.8, 4) is 0 Å². The molecule has 160 valence electrons. The first-order valence-electron chi connectivity index (χ1n) is 9.36. The lowest BCUT2D eigenvalue weighted by atomic mass is 9.95. The lowest BCUT2D eigenvalue weighted by Crippen LogP contribution is -2.27. The lowest BCUT2D eigenvalue weighted by molar-refractivity contribution is 0.0636. The molecule has 2 unspecified atom stereocenters. The zero-order valence-electron chi connectivity index (χ0n) is 18.0. The number of aryl methyl sites for hydroxylation is 1. The molecule has 0 spiro atoms. The van der Waals surface area contributed by atoms with Crippen molar-refractivity contribution >= 4 is 33.4 Å². The number of halogens is 1. The van der Waals surface area contributed by atoms with Crippen molar-refractivity contribution < 1.29 is 18.1 Å². The van der Waals surface area contributed by atoms with Crippen LogP contribution >= 0.6 is 11.3 Å². The number of hydrogen-bond donors (Lipinski definition) is 1. The van der Waals surface area contributed by atoms with Crippen molar-refractivity contribution in [3.05, 3.63) is 46.2 Å². The Bertz CT molecular complexity index is 898. The SMILES string of the molecule is Cc1cc(F)ccc1C(CS(=O)C(C)(C)C)c1cnc(NC(=O)OC(C)(C)C)s1. The molecule has 5 nitrogen and oxygen atoms in total. The van der Waals surface area contributed by atoms with Crippen molar-refractivity contribution in [1.82, 2.24) is 4.98 Å². The summed E-state index contributed by atoms with van der Waals surface area (Å²) in [6.45, 7) is 13.0.